The summed E-state index contributed by atoms with van der Waals surface area (Å²) in [5.41, 5.74) is 1.99. The highest BCUT2D eigenvalue weighted by Gasteiger charge is 2.11. The summed E-state index contributed by atoms with van der Waals surface area (Å²) in [6, 6.07) is 10.3. The van der Waals surface area contributed by atoms with Crippen LogP contribution in [0.2, 0.25) is 5.02 Å². The van der Waals surface area contributed by atoms with E-state index in [9.17, 15) is 9.59 Å². The molecule has 2 rings (SSSR count). The van der Waals surface area contributed by atoms with E-state index >= 15 is 0 Å². The van der Waals surface area contributed by atoms with E-state index in [4.69, 9.17) is 33.3 Å². The standard InChI is InChI=1S/C22H26ClN3O4S/c1-4-5-6-20(27)25-17-9-8-16(12-19(17)29-3)24-22(31)26-21(28)13-30-18-10-7-15(23)11-14(18)2/h7-12H,4-6,13H2,1-3H3,(H,25,27)(H2,24,26,28,31). The number of thiocarbonyl (C=S) groups is 1. The molecule has 0 heterocycles. The Kier molecular flexibility index (Phi) is 9.55. The first-order valence-corrected chi connectivity index (χ1v) is 10.6. The molecule has 2 aromatic carbocycles. The van der Waals surface area contributed by atoms with Gasteiger partial charge < -0.3 is 20.1 Å². The van der Waals surface area contributed by atoms with Crippen molar-refractivity contribution in [2.24, 2.45) is 0 Å². The van der Waals surface area contributed by atoms with Gasteiger partial charge in [0.25, 0.3) is 5.91 Å². The molecule has 0 aliphatic rings. The predicted molar refractivity (Wildman–Crippen MR) is 127 cm³/mol. The molecule has 166 valence electrons. The van der Waals surface area contributed by atoms with E-state index in [2.05, 4.69) is 16.0 Å². The van der Waals surface area contributed by atoms with Gasteiger partial charge in [-0.3, -0.25) is 14.9 Å². The second kappa shape index (κ2) is 12.1. The van der Waals surface area contributed by atoms with E-state index in [1.165, 1.54) is 7.11 Å². The van der Waals surface area contributed by atoms with Gasteiger partial charge in [0.1, 0.15) is 11.5 Å². The number of rotatable bonds is 9. The molecule has 3 N–H and O–H groups in total. The summed E-state index contributed by atoms with van der Waals surface area (Å²) in [6.45, 7) is 3.67. The van der Waals surface area contributed by atoms with Gasteiger partial charge in [0.2, 0.25) is 5.91 Å². The Labute approximate surface area is 192 Å². The number of carbonyl (C=O) groups is 2. The van der Waals surface area contributed by atoms with Crippen molar-refractivity contribution in [1.82, 2.24) is 5.32 Å². The van der Waals surface area contributed by atoms with E-state index in [1.54, 1.807) is 36.4 Å². The molecule has 0 fully saturated rings. The van der Waals surface area contributed by atoms with E-state index in [0.29, 0.717) is 34.3 Å². The highest BCUT2D eigenvalue weighted by atomic mass is 35.5. The molecule has 9 heteroatoms. The van der Waals surface area contributed by atoms with Crippen molar-refractivity contribution >= 4 is 52.1 Å². The number of hydrogen-bond acceptors (Lipinski definition) is 5. The van der Waals surface area contributed by atoms with Gasteiger partial charge in [-0.1, -0.05) is 24.9 Å². The molecule has 2 amide bonds. The number of benzene rings is 2. The monoisotopic (exact) mass is 463 g/mol. The lowest BCUT2D eigenvalue weighted by molar-refractivity contribution is -0.121. The maximum Gasteiger partial charge on any atom is 0.264 e. The Morgan fingerprint density at radius 3 is 2.52 bits per heavy atom. The molecule has 0 aromatic heterocycles. The fraction of sp³-hybridized carbons (Fsp3) is 0.318. The summed E-state index contributed by atoms with van der Waals surface area (Å²) in [6.07, 6.45) is 2.22. The Hall–Kier alpha value is -2.84. The average molecular weight is 464 g/mol. The third-order valence-electron chi connectivity index (χ3n) is 4.24. The molecule has 31 heavy (non-hydrogen) atoms. The van der Waals surface area contributed by atoms with Crippen molar-refractivity contribution in [3.05, 3.63) is 47.0 Å². The molecule has 0 bridgehead atoms. The van der Waals surface area contributed by atoms with Crippen LogP contribution in [-0.2, 0) is 9.59 Å². The van der Waals surface area contributed by atoms with Crippen molar-refractivity contribution in [1.29, 1.82) is 0 Å². The SMILES string of the molecule is CCCCC(=O)Nc1ccc(NC(=S)NC(=O)COc2ccc(Cl)cc2C)cc1OC. The topological polar surface area (TPSA) is 88.7 Å². The van der Waals surface area contributed by atoms with Crippen molar-refractivity contribution in [2.45, 2.75) is 33.1 Å². The molecule has 0 atom stereocenters. The fourth-order valence-electron chi connectivity index (χ4n) is 2.67. The zero-order chi connectivity index (χ0) is 22.8. The fourth-order valence-corrected chi connectivity index (χ4v) is 3.12. The van der Waals surface area contributed by atoms with Crippen molar-refractivity contribution in [3.8, 4) is 11.5 Å². The minimum absolute atomic E-state index is 0.0698. The Bertz CT molecular complexity index is 952. The number of amides is 2. The van der Waals surface area contributed by atoms with Gasteiger partial charge in [-0.2, -0.15) is 0 Å². The molecule has 0 aliphatic heterocycles. The molecule has 0 saturated carbocycles. The van der Waals surface area contributed by atoms with E-state index in [0.717, 1.165) is 18.4 Å². The third kappa shape index (κ3) is 8.07. The van der Waals surface area contributed by atoms with Crippen LogP contribution >= 0.6 is 23.8 Å². The molecule has 0 saturated heterocycles. The van der Waals surface area contributed by atoms with Gasteiger partial charge in [0.05, 0.1) is 12.8 Å². The first kappa shape index (κ1) is 24.4. The first-order chi connectivity index (χ1) is 14.8. The van der Waals surface area contributed by atoms with Crippen molar-refractivity contribution in [3.63, 3.8) is 0 Å². The highest BCUT2D eigenvalue weighted by Crippen LogP contribution is 2.28. The Morgan fingerprint density at radius 2 is 1.84 bits per heavy atom. The summed E-state index contributed by atoms with van der Waals surface area (Å²) in [4.78, 5) is 24.1. The van der Waals surface area contributed by atoms with Gasteiger partial charge in [0.15, 0.2) is 11.7 Å². The molecule has 2 aromatic rings. The number of unbranched alkanes of at least 4 members (excludes halogenated alkanes) is 1. The highest BCUT2D eigenvalue weighted by molar-refractivity contribution is 7.80. The number of aryl methyl sites for hydroxylation is 1. The molecular weight excluding hydrogens is 438 g/mol. The minimum Gasteiger partial charge on any atom is -0.494 e. The predicted octanol–water partition coefficient (Wildman–Crippen LogP) is 4.68. The lowest BCUT2D eigenvalue weighted by atomic mass is 10.2. The first-order valence-electron chi connectivity index (χ1n) is 9.80. The number of halogens is 1. The molecule has 0 spiro atoms. The van der Waals surface area contributed by atoms with Crippen LogP contribution in [0.25, 0.3) is 0 Å². The maximum atomic E-state index is 12.1. The van der Waals surface area contributed by atoms with Crippen LogP contribution in [0.1, 0.15) is 31.7 Å². The average Bonchev–Trinajstić information content (AvgIpc) is 2.72. The zero-order valence-electron chi connectivity index (χ0n) is 17.7. The van der Waals surface area contributed by atoms with Crippen LogP contribution in [0.4, 0.5) is 11.4 Å². The molecule has 7 nitrogen and oxygen atoms in total. The van der Waals surface area contributed by atoms with Gasteiger partial charge >= 0.3 is 0 Å². The number of hydrogen-bond donors (Lipinski definition) is 3. The molecule has 0 unspecified atom stereocenters. The summed E-state index contributed by atoms with van der Waals surface area (Å²) in [7, 11) is 1.51. The summed E-state index contributed by atoms with van der Waals surface area (Å²) in [5.74, 6) is 0.573. The normalized spacial score (nSPS) is 10.2. The van der Waals surface area contributed by atoms with Crippen molar-refractivity contribution < 1.29 is 19.1 Å². The van der Waals surface area contributed by atoms with Crippen LogP contribution in [0.5, 0.6) is 11.5 Å². The van der Waals surface area contributed by atoms with Gasteiger partial charge in [-0.25, -0.2) is 0 Å². The maximum absolute atomic E-state index is 12.1. The summed E-state index contributed by atoms with van der Waals surface area (Å²) >= 11 is 11.1. The number of ether oxygens (including phenoxy) is 2. The Morgan fingerprint density at radius 1 is 1.06 bits per heavy atom. The number of nitrogens with one attached hydrogen (secondary N) is 3. The smallest absolute Gasteiger partial charge is 0.264 e. The number of anilines is 2. The van der Waals surface area contributed by atoms with Gasteiger partial charge in [-0.05, 0) is 61.5 Å². The second-order valence-corrected chi connectivity index (χ2v) is 7.61. The zero-order valence-corrected chi connectivity index (χ0v) is 19.3. The van der Waals surface area contributed by atoms with Crippen LogP contribution < -0.4 is 25.4 Å². The third-order valence-corrected chi connectivity index (χ3v) is 4.68. The largest absolute Gasteiger partial charge is 0.494 e. The Balaban J connectivity index is 1.89. The van der Waals surface area contributed by atoms with E-state index < -0.39 is 5.91 Å². The van der Waals surface area contributed by atoms with Gasteiger partial charge in [0, 0.05) is 23.2 Å². The second-order valence-electron chi connectivity index (χ2n) is 6.77. The summed E-state index contributed by atoms with van der Waals surface area (Å²) in [5, 5.41) is 9.01. The number of methoxy groups -OCH3 is 1. The van der Waals surface area contributed by atoms with Crippen LogP contribution in [0, 0.1) is 6.92 Å². The van der Waals surface area contributed by atoms with E-state index in [-0.39, 0.29) is 17.6 Å². The van der Waals surface area contributed by atoms with Crippen LogP contribution in [-0.4, -0.2) is 30.6 Å². The van der Waals surface area contributed by atoms with Gasteiger partial charge in [-0.15, -0.1) is 0 Å². The van der Waals surface area contributed by atoms with Crippen LogP contribution in [0.15, 0.2) is 36.4 Å². The number of carbonyl (C=O) groups excluding carboxylic acids is 2. The van der Waals surface area contributed by atoms with Crippen LogP contribution in [0.3, 0.4) is 0 Å². The summed E-state index contributed by atoms with van der Waals surface area (Å²) < 4.78 is 10.8. The van der Waals surface area contributed by atoms with Crippen molar-refractivity contribution in [2.75, 3.05) is 24.4 Å². The molecule has 0 aliphatic carbocycles. The minimum atomic E-state index is -0.404. The lowest BCUT2D eigenvalue weighted by Crippen LogP contribution is -2.37. The molecular formula is C22H26ClN3O4S. The molecule has 0 radical (unpaired) electrons. The quantitative estimate of drug-likeness (QED) is 0.468. The lowest BCUT2D eigenvalue weighted by Gasteiger charge is -2.14. The van der Waals surface area contributed by atoms with E-state index in [1.807, 2.05) is 13.8 Å².